The summed E-state index contributed by atoms with van der Waals surface area (Å²) >= 11 is 0. The average Bonchev–Trinajstić information content (AvgIpc) is 3.06. The predicted molar refractivity (Wildman–Crippen MR) is 91.7 cm³/mol. The van der Waals surface area contributed by atoms with Gasteiger partial charge in [0, 0.05) is 48.6 Å². The normalized spacial score (nSPS) is 22.9. The third-order valence-corrected chi connectivity index (χ3v) is 5.46. The minimum atomic E-state index is 0.447. The van der Waals surface area contributed by atoms with E-state index in [0.29, 0.717) is 12.1 Å². The molecule has 0 amide bonds. The molecule has 0 unspecified atom stereocenters. The quantitative estimate of drug-likeness (QED) is 0.728. The predicted octanol–water partition coefficient (Wildman–Crippen LogP) is 3.00. The minimum absolute atomic E-state index is 0.447. The number of pyridine rings is 1. The fourth-order valence-electron chi connectivity index (χ4n) is 4.42. The Bertz CT molecular complexity index is 929. The standard InChI is InChI=1S/C19H21N5/c1-12-4-3-5-14(21-12)11-23-15-6-7-17(23)16-10-20-19-8-13(2)22-24(19)18(16)9-15/h3-5,8,10,15,17H,6-7,9,11H2,1-2H3/t15-,17+/m0/s1. The molecular weight excluding hydrogens is 298 g/mol. The van der Waals surface area contributed by atoms with E-state index in [0.717, 1.165) is 30.0 Å². The second kappa shape index (κ2) is 5.11. The molecule has 3 aromatic heterocycles. The van der Waals surface area contributed by atoms with Gasteiger partial charge in [-0.1, -0.05) is 6.07 Å². The Morgan fingerprint density at radius 1 is 1.17 bits per heavy atom. The van der Waals surface area contributed by atoms with Crippen molar-refractivity contribution in [2.45, 2.75) is 51.7 Å². The van der Waals surface area contributed by atoms with E-state index in [9.17, 15) is 0 Å². The number of rotatable bonds is 2. The van der Waals surface area contributed by atoms with Crippen LogP contribution < -0.4 is 0 Å². The van der Waals surface area contributed by atoms with Crippen LogP contribution in [-0.4, -0.2) is 30.5 Å². The van der Waals surface area contributed by atoms with Gasteiger partial charge in [-0.05, 0) is 38.8 Å². The fourth-order valence-corrected chi connectivity index (χ4v) is 4.42. The van der Waals surface area contributed by atoms with Crippen molar-refractivity contribution in [3.05, 3.63) is 58.8 Å². The van der Waals surface area contributed by atoms with E-state index in [1.54, 1.807) is 0 Å². The SMILES string of the molecule is Cc1cccc(CN2[C@H]3CC[C@@H]2c2cnc4cc(C)nn4c2C3)n1. The fraction of sp³-hybridized carbons (Fsp3) is 0.421. The molecule has 0 aromatic carbocycles. The maximum absolute atomic E-state index is 4.70. The second-order valence-corrected chi connectivity index (χ2v) is 7.11. The smallest absolute Gasteiger partial charge is 0.155 e. The van der Waals surface area contributed by atoms with Crippen LogP contribution in [0.2, 0.25) is 0 Å². The van der Waals surface area contributed by atoms with Crippen molar-refractivity contribution in [3.63, 3.8) is 0 Å². The van der Waals surface area contributed by atoms with E-state index < -0.39 is 0 Å². The van der Waals surface area contributed by atoms with Crippen LogP contribution in [0.3, 0.4) is 0 Å². The maximum atomic E-state index is 4.70. The van der Waals surface area contributed by atoms with Crippen LogP contribution in [0.25, 0.3) is 5.65 Å². The molecule has 2 bridgehead atoms. The molecule has 2 atom stereocenters. The summed E-state index contributed by atoms with van der Waals surface area (Å²) in [5.74, 6) is 0. The van der Waals surface area contributed by atoms with Crippen LogP contribution in [0.4, 0.5) is 0 Å². The third-order valence-electron chi connectivity index (χ3n) is 5.46. The molecule has 0 saturated carbocycles. The lowest BCUT2D eigenvalue weighted by Crippen LogP contribution is -2.38. The van der Waals surface area contributed by atoms with Crippen LogP contribution in [0.5, 0.6) is 0 Å². The van der Waals surface area contributed by atoms with Crippen LogP contribution in [0.1, 0.15) is 47.2 Å². The van der Waals surface area contributed by atoms with Gasteiger partial charge in [-0.2, -0.15) is 5.10 Å². The summed E-state index contributed by atoms with van der Waals surface area (Å²) in [5.41, 5.74) is 6.97. The summed E-state index contributed by atoms with van der Waals surface area (Å²) < 4.78 is 2.07. The molecular formula is C19H21N5. The Balaban J connectivity index is 1.54. The maximum Gasteiger partial charge on any atom is 0.155 e. The van der Waals surface area contributed by atoms with Gasteiger partial charge in [0.25, 0.3) is 0 Å². The lowest BCUT2D eigenvalue weighted by molar-refractivity contribution is 0.163. The van der Waals surface area contributed by atoms with Crippen molar-refractivity contribution in [1.82, 2.24) is 24.5 Å². The van der Waals surface area contributed by atoms with Gasteiger partial charge in [-0.3, -0.25) is 9.88 Å². The van der Waals surface area contributed by atoms with Crippen molar-refractivity contribution in [3.8, 4) is 0 Å². The van der Waals surface area contributed by atoms with E-state index in [4.69, 9.17) is 4.98 Å². The van der Waals surface area contributed by atoms with Crippen LogP contribution in [0, 0.1) is 13.8 Å². The molecule has 5 rings (SSSR count). The van der Waals surface area contributed by atoms with E-state index in [1.165, 1.54) is 29.8 Å². The first kappa shape index (κ1) is 14.1. The molecule has 2 aliphatic heterocycles. The van der Waals surface area contributed by atoms with Crippen molar-refractivity contribution in [1.29, 1.82) is 0 Å². The lowest BCUT2D eigenvalue weighted by Gasteiger charge is -2.35. The van der Waals surface area contributed by atoms with Gasteiger partial charge < -0.3 is 0 Å². The zero-order chi connectivity index (χ0) is 16.3. The molecule has 5 heterocycles. The Morgan fingerprint density at radius 2 is 2.08 bits per heavy atom. The first-order valence-corrected chi connectivity index (χ1v) is 8.71. The molecule has 0 N–H and O–H groups in total. The zero-order valence-corrected chi connectivity index (χ0v) is 14.1. The summed E-state index contributed by atoms with van der Waals surface area (Å²) in [6.45, 7) is 5.02. The molecule has 24 heavy (non-hydrogen) atoms. The Hall–Kier alpha value is -2.27. The molecule has 2 aliphatic rings. The molecule has 5 heteroatoms. The van der Waals surface area contributed by atoms with Gasteiger partial charge in [0.1, 0.15) is 0 Å². The van der Waals surface area contributed by atoms with Crippen molar-refractivity contribution < 1.29 is 0 Å². The Labute approximate surface area is 141 Å². The number of fused-ring (bicyclic) bond motifs is 6. The minimum Gasteiger partial charge on any atom is -0.287 e. The molecule has 122 valence electrons. The molecule has 1 fully saturated rings. The van der Waals surface area contributed by atoms with Gasteiger partial charge in [-0.25, -0.2) is 9.50 Å². The number of aryl methyl sites for hydroxylation is 2. The van der Waals surface area contributed by atoms with Gasteiger partial charge >= 0.3 is 0 Å². The van der Waals surface area contributed by atoms with Crippen molar-refractivity contribution >= 4 is 5.65 Å². The third kappa shape index (κ3) is 2.08. The number of nitrogens with zero attached hydrogens (tertiary/aromatic N) is 5. The summed E-state index contributed by atoms with van der Waals surface area (Å²) in [6.07, 6.45) is 5.58. The van der Waals surface area contributed by atoms with E-state index in [-0.39, 0.29) is 0 Å². The van der Waals surface area contributed by atoms with Gasteiger partial charge in [0.15, 0.2) is 5.65 Å². The van der Waals surface area contributed by atoms with E-state index in [1.807, 2.05) is 6.92 Å². The van der Waals surface area contributed by atoms with Gasteiger partial charge in [0.2, 0.25) is 0 Å². The summed E-state index contributed by atoms with van der Waals surface area (Å²) in [5, 5.41) is 4.67. The first-order chi connectivity index (χ1) is 11.7. The molecule has 3 aromatic rings. The number of hydrogen-bond acceptors (Lipinski definition) is 4. The molecule has 0 aliphatic carbocycles. The van der Waals surface area contributed by atoms with Crippen LogP contribution in [-0.2, 0) is 13.0 Å². The molecule has 0 spiro atoms. The largest absolute Gasteiger partial charge is 0.287 e. The molecule has 0 radical (unpaired) electrons. The highest BCUT2D eigenvalue weighted by atomic mass is 15.3. The second-order valence-electron chi connectivity index (χ2n) is 7.11. The summed E-state index contributed by atoms with van der Waals surface area (Å²) in [6, 6.07) is 9.40. The average molecular weight is 319 g/mol. The lowest BCUT2D eigenvalue weighted by atomic mass is 9.99. The molecule has 1 saturated heterocycles. The van der Waals surface area contributed by atoms with E-state index >= 15 is 0 Å². The van der Waals surface area contributed by atoms with Gasteiger partial charge in [0.05, 0.1) is 17.1 Å². The van der Waals surface area contributed by atoms with Gasteiger partial charge in [-0.15, -0.1) is 0 Å². The van der Waals surface area contributed by atoms with Crippen molar-refractivity contribution in [2.75, 3.05) is 0 Å². The monoisotopic (exact) mass is 319 g/mol. The Morgan fingerprint density at radius 3 is 2.96 bits per heavy atom. The highest BCUT2D eigenvalue weighted by Crippen LogP contribution is 2.44. The van der Waals surface area contributed by atoms with E-state index in [2.05, 4.69) is 56.9 Å². The number of aromatic nitrogens is 4. The van der Waals surface area contributed by atoms with Crippen LogP contribution >= 0.6 is 0 Å². The first-order valence-electron chi connectivity index (χ1n) is 8.71. The zero-order valence-electron chi connectivity index (χ0n) is 14.1. The topological polar surface area (TPSA) is 46.3 Å². The molecule has 5 nitrogen and oxygen atoms in total. The van der Waals surface area contributed by atoms with Crippen molar-refractivity contribution in [2.24, 2.45) is 0 Å². The Kier molecular flexibility index (Phi) is 3.00. The number of hydrogen-bond donors (Lipinski definition) is 0. The highest BCUT2D eigenvalue weighted by molar-refractivity contribution is 5.44. The van der Waals surface area contributed by atoms with Crippen LogP contribution in [0.15, 0.2) is 30.5 Å². The summed E-state index contributed by atoms with van der Waals surface area (Å²) in [4.78, 5) is 12.0. The summed E-state index contributed by atoms with van der Waals surface area (Å²) in [7, 11) is 0. The highest BCUT2D eigenvalue weighted by Gasteiger charge is 2.41.